The zero-order chi connectivity index (χ0) is 18.6. The van der Waals surface area contributed by atoms with Gasteiger partial charge in [0.05, 0.1) is 0 Å². The molecule has 148 valence electrons. The molecule has 1 aromatic rings. The summed E-state index contributed by atoms with van der Waals surface area (Å²) in [7, 11) is 0. The van der Waals surface area contributed by atoms with Crippen molar-refractivity contribution in [2.45, 2.75) is 58.3 Å². The molecule has 6 nitrogen and oxygen atoms in total. The monoisotopic (exact) mass is 371 g/mol. The van der Waals surface area contributed by atoms with Crippen LogP contribution in [0.3, 0.4) is 0 Å². The lowest BCUT2D eigenvalue weighted by molar-refractivity contribution is -0.136. The molecule has 2 aliphatic heterocycles. The average Bonchev–Trinajstić information content (AvgIpc) is 2.74. The Hall–Kier alpha value is -1.85. The van der Waals surface area contributed by atoms with Gasteiger partial charge in [0.2, 0.25) is 11.9 Å². The Balaban J connectivity index is 1.39. The first-order valence-electron chi connectivity index (χ1n) is 10.8. The molecule has 0 N–H and O–H groups in total. The van der Waals surface area contributed by atoms with E-state index in [1.165, 1.54) is 38.5 Å². The summed E-state index contributed by atoms with van der Waals surface area (Å²) >= 11 is 0. The first-order chi connectivity index (χ1) is 13.2. The summed E-state index contributed by atoms with van der Waals surface area (Å²) < 4.78 is 0. The van der Waals surface area contributed by atoms with Crippen molar-refractivity contribution >= 4 is 17.7 Å². The second-order valence-corrected chi connectivity index (χ2v) is 8.36. The van der Waals surface area contributed by atoms with E-state index < -0.39 is 0 Å². The number of nitrogens with zero attached hydrogens (tertiary/aromatic N) is 5. The largest absolute Gasteiger partial charge is 0.353 e. The maximum absolute atomic E-state index is 12.8. The highest BCUT2D eigenvalue weighted by molar-refractivity contribution is 5.79. The van der Waals surface area contributed by atoms with E-state index in [9.17, 15) is 4.79 Å². The number of piperazine rings is 1. The third kappa shape index (κ3) is 4.36. The second kappa shape index (κ2) is 8.44. The van der Waals surface area contributed by atoms with Crippen LogP contribution in [0, 0.1) is 12.8 Å². The van der Waals surface area contributed by atoms with Gasteiger partial charge in [0.1, 0.15) is 5.82 Å². The van der Waals surface area contributed by atoms with E-state index in [1.54, 1.807) is 0 Å². The van der Waals surface area contributed by atoms with Crippen LogP contribution in [0.2, 0.25) is 0 Å². The molecule has 1 aromatic heterocycles. The number of anilines is 2. The highest BCUT2D eigenvalue weighted by Crippen LogP contribution is 2.27. The number of aryl methyl sites for hydroxylation is 1. The molecule has 1 aliphatic carbocycles. The molecule has 4 rings (SSSR count). The third-order valence-corrected chi connectivity index (χ3v) is 6.34. The number of hydrogen-bond donors (Lipinski definition) is 0. The van der Waals surface area contributed by atoms with Gasteiger partial charge in [-0.05, 0) is 39.0 Å². The number of carbonyl (C=O) groups is 1. The first kappa shape index (κ1) is 18.5. The predicted octanol–water partition coefficient (Wildman–Crippen LogP) is 3.00. The van der Waals surface area contributed by atoms with Gasteiger partial charge in [-0.15, -0.1) is 0 Å². The van der Waals surface area contributed by atoms with Crippen LogP contribution in [0.25, 0.3) is 0 Å². The lowest BCUT2D eigenvalue weighted by Gasteiger charge is -2.38. The molecule has 0 bridgehead atoms. The summed E-state index contributed by atoms with van der Waals surface area (Å²) in [4.78, 5) is 29.1. The van der Waals surface area contributed by atoms with Crippen molar-refractivity contribution in [3.63, 3.8) is 0 Å². The quantitative estimate of drug-likeness (QED) is 0.817. The minimum Gasteiger partial charge on any atom is -0.353 e. The number of hydrogen-bond acceptors (Lipinski definition) is 5. The Morgan fingerprint density at radius 1 is 0.852 bits per heavy atom. The highest BCUT2D eigenvalue weighted by atomic mass is 16.2. The summed E-state index contributed by atoms with van der Waals surface area (Å²) in [5.74, 6) is 2.57. The van der Waals surface area contributed by atoms with Crippen molar-refractivity contribution in [3.05, 3.63) is 11.8 Å². The summed E-state index contributed by atoms with van der Waals surface area (Å²) in [6, 6.07) is 2.09. The number of rotatable bonds is 3. The minimum atomic E-state index is 0.275. The van der Waals surface area contributed by atoms with Crippen LogP contribution in [0.5, 0.6) is 0 Å². The summed E-state index contributed by atoms with van der Waals surface area (Å²) in [6.07, 6.45) is 9.68. The molecule has 2 saturated heterocycles. The van der Waals surface area contributed by atoms with Gasteiger partial charge >= 0.3 is 0 Å². The fraction of sp³-hybridized carbons (Fsp3) is 0.762. The van der Waals surface area contributed by atoms with Crippen molar-refractivity contribution in [2.75, 3.05) is 49.1 Å². The minimum absolute atomic E-state index is 0.275. The van der Waals surface area contributed by atoms with E-state index in [-0.39, 0.29) is 5.92 Å². The number of aromatic nitrogens is 2. The maximum Gasteiger partial charge on any atom is 0.227 e. The topological polar surface area (TPSA) is 52.6 Å². The summed E-state index contributed by atoms with van der Waals surface area (Å²) in [5.41, 5.74) is 1.03. The van der Waals surface area contributed by atoms with Gasteiger partial charge in [-0.25, -0.2) is 4.98 Å². The molecule has 0 atom stereocenters. The maximum atomic E-state index is 12.8. The Bertz CT molecular complexity index is 644. The molecule has 3 aliphatic rings. The van der Waals surface area contributed by atoms with Crippen LogP contribution < -0.4 is 9.80 Å². The zero-order valence-corrected chi connectivity index (χ0v) is 16.7. The number of piperidine rings is 1. The van der Waals surface area contributed by atoms with Gasteiger partial charge in [0.25, 0.3) is 0 Å². The Morgan fingerprint density at radius 3 is 2.22 bits per heavy atom. The van der Waals surface area contributed by atoms with Crippen LogP contribution >= 0.6 is 0 Å². The normalized spacial score (nSPS) is 22.2. The Labute approximate surface area is 162 Å². The van der Waals surface area contributed by atoms with Crippen LogP contribution in [0.15, 0.2) is 6.07 Å². The van der Waals surface area contributed by atoms with E-state index in [1.807, 2.05) is 0 Å². The van der Waals surface area contributed by atoms with Crippen LogP contribution in [0.1, 0.15) is 57.1 Å². The molecule has 1 saturated carbocycles. The summed E-state index contributed by atoms with van der Waals surface area (Å²) in [6.45, 7) is 7.55. The van der Waals surface area contributed by atoms with E-state index >= 15 is 0 Å². The van der Waals surface area contributed by atoms with Crippen LogP contribution in [0.4, 0.5) is 11.8 Å². The average molecular weight is 372 g/mol. The number of carbonyl (C=O) groups excluding carboxylic acids is 1. The third-order valence-electron chi connectivity index (χ3n) is 6.34. The first-order valence-corrected chi connectivity index (χ1v) is 10.8. The van der Waals surface area contributed by atoms with Crippen molar-refractivity contribution in [3.8, 4) is 0 Å². The molecule has 3 fully saturated rings. The molecule has 0 radical (unpaired) electrons. The van der Waals surface area contributed by atoms with E-state index in [0.717, 1.165) is 69.6 Å². The SMILES string of the molecule is Cc1cc(N2CCN(C(=O)C3CCCCC3)CC2)nc(N2CCCCC2)n1. The second-order valence-electron chi connectivity index (χ2n) is 8.36. The smallest absolute Gasteiger partial charge is 0.227 e. The number of amides is 1. The van der Waals surface area contributed by atoms with Crippen molar-refractivity contribution in [1.29, 1.82) is 0 Å². The Kier molecular flexibility index (Phi) is 5.79. The highest BCUT2D eigenvalue weighted by Gasteiger charge is 2.29. The lowest BCUT2D eigenvalue weighted by Crippen LogP contribution is -2.51. The van der Waals surface area contributed by atoms with Gasteiger partial charge in [0, 0.05) is 56.9 Å². The zero-order valence-electron chi connectivity index (χ0n) is 16.7. The van der Waals surface area contributed by atoms with Gasteiger partial charge in [-0.2, -0.15) is 4.98 Å². The van der Waals surface area contributed by atoms with Crippen molar-refractivity contribution < 1.29 is 4.79 Å². The Morgan fingerprint density at radius 2 is 1.52 bits per heavy atom. The van der Waals surface area contributed by atoms with Crippen molar-refractivity contribution in [2.24, 2.45) is 5.92 Å². The van der Waals surface area contributed by atoms with Crippen LogP contribution in [-0.4, -0.2) is 60.0 Å². The lowest BCUT2D eigenvalue weighted by atomic mass is 9.88. The van der Waals surface area contributed by atoms with Gasteiger partial charge < -0.3 is 14.7 Å². The molecule has 0 unspecified atom stereocenters. The fourth-order valence-corrected chi connectivity index (χ4v) is 4.70. The molecular formula is C21H33N5O. The van der Waals surface area contributed by atoms with Crippen LogP contribution in [-0.2, 0) is 4.79 Å². The van der Waals surface area contributed by atoms with E-state index in [2.05, 4.69) is 32.7 Å². The standard InChI is InChI=1S/C21H33N5O/c1-17-16-19(23-21(22-17)26-10-6-3-7-11-26)24-12-14-25(15-13-24)20(27)18-8-4-2-5-9-18/h16,18H,2-15H2,1H3. The van der Waals surface area contributed by atoms with E-state index in [4.69, 9.17) is 4.98 Å². The van der Waals surface area contributed by atoms with Gasteiger partial charge in [0.15, 0.2) is 0 Å². The predicted molar refractivity (Wildman–Crippen MR) is 108 cm³/mol. The van der Waals surface area contributed by atoms with Crippen molar-refractivity contribution in [1.82, 2.24) is 14.9 Å². The molecular weight excluding hydrogens is 338 g/mol. The van der Waals surface area contributed by atoms with E-state index in [0.29, 0.717) is 5.91 Å². The molecule has 6 heteroatoms. The van der Waals surface area contributed by atoms with Gasteiger partial charge in [-0.3, -0.25) is 4.79 Å². The molecule has 27 heavy (non-hydrogen) atoms. The molecule has 0 spiro atoms. The summed E-state index contributed by atoms with van der Waals surface area (Å²) in [5, 5.41) is 0. The molecule has 3 heterocycles. The molecule has 0 aromatic carbocycles. The molecule has 1 amide bonds. The fourth-order valence-electron chi connectivity index (χ4n) is 4.70. The van der Waals surface area contributed by atoms with Gasteiger partial charge in [-0.1, -0.05) is 19.3 Å².